The number of hydrogen-bond acceptors (Lipinski definition) is 9. The first-order chi connectivity index (χ1) is 27.7. The highest BCUT2D eigenvalue weighted by Crippen LogP contribution is 2.39. The zero-order valence-electron chi connectivity index (χ0n) is 32.9. The van der Waals surface area contributed by atoms with Gasteiger partial charge in [-0.15, -0.1) is 0 Å². The fourth-order valence-electron chi connectivity index (χ4n) is 8.16. The summed E-state index contributed by atoms with van der Waals surface area (Å²) in [5.41, 5.74) is 3.67. The molecule has 2 aromatic heterocycles. The van der Waals surface area contributed by atoms with Crippen molar-refractivity contribution < 1.29 is 28.6 Å². The number of aryl methyl sites for hydroxylation is 1. The number of amides is 4. The summed E-state index contributed by atoms with van der Waals surface area (Å²) in [6.45, 7) is 6.85. The van der Waals surface area contributed by atoms with Crippen molar-refractivity contribution in [2.24, 2.45) is 0 Å². The van der Waals surface area contributed by atoms with E-state index in [-0.39, 0.29) is 42.5 Å². The molecular weight excluding hydrogens is 748 g/mol. The minimum atomic E-state index is -0.541. The minimum Gasteiger partial charge on any atom is -0.496 e. The molecule has 0 unspecified atom stereocenters. The van der Waals surface area contributed by atoms with E-state index in [0.29, 0.717) is 41.3 Å². The van der Waals surface area contributed by atoms with E-state index in [1.807, 2.05) is 23.2 Å². The van der Waals surface area contributed by atoms with Gasteiger partial charge >= 0.3 is 6.03 Å². The average Bonchev–Trinajstić information content (AvgIpc) is 3.23. The standard InChI is InChI=1S/C43H51ClN6O7/c1-4-5-16-49-27-35(32-8-15-45-26-34(32)42(49)53)33-25-38(55-2)28(24-39(33)56-3)9-17-47-18-10-30(11-19-47)57-31-12-20-48(21-13-31)41(52)29-6-7-36(44)37(23-29)50-22-14-40(51)46-43(50)54/h6-8,15,23-27,30-31H,4-5,9-14,16-22H2,1-3H3,(H,46,51,54). The number of hydrogen-bond donors (Lipinski definition) is 1. The van der Waals surface area contributed by atoms with Gasteiger partial charge in [0.2, 0.25) is 5.91 Å². The monoisotopic (exact) mass is 798 g/mol. The average molecular weight is 799 g/mol. The van der Waals surface area contributed by atoms with Crippen molar-refractivity contribution in [2.75, 3.05) is 58.4 Å². The SMILES string of the molecule is CCCCn1cc(-c2cc(OC)c(CCN3CCC(OC4CCN(C(=O)c5ccc(Cl)c(N6CCC(=O)NC6=O)c5)CC4)CC3)cc2OC)c2ccncc2c1=O. The molecule has 3 saturated heterocycles. The number of fused-ring (bicyclic) bond motifs is 1. The lowest BCUT2D eigenvalue weighted by atomic mass is 9.97. The van der Waals surface area contributed by atoms with Crippen molar-refractivity contribution in [1.82, 2.24) is 24.7 Å². The van der Waals surface area contributed by atoms with Crippen molar-refractivity contribution in [2.45, 2.75) is 77.0 Å². The molecule has 3 aliphatic rings. The van der Waals surface area contributed by atoms with Crippen LogP contribution in [-0.4, -0.2) is 103 Å². The number of urea groups is 1. The first-order valence-electron chi connectivity index (χ1n) is 20.0. The molecule has 0 saturated carbocycles. The maximum Gasteiger partial charge on any atom is 0.328 e. The van der Waals surface area contributed by atoms with Crippen LogP contribution in [0, 0.1) is 0 Å². The lowest BCUT2D eigenvalue weighted by Gasteiger charge is -2.37. The molecule has 302 valence electrons. The van der Waals surface area contributed by atoms with Gasteiger partial charge in [0.25, 0.3) is 11.5 Å². The number of rotatable bonds is 13. The number of aromatic nitrogens is 2. The molecule has 7 rings (SSSR count). The number of benzene rings is 2. The van der Waals surface area contributed by atoms with Crippen LogP contribution in [0.2, 0.25) is 5.02 Å². The van der Waals surface area contributed by atoms with Crippen molar-refractivity contribution in [3.05, 3.63) is 81.5 Å². The number of methoxy groups -OCH3 is 2. The van der Waals surface area contributed by atoms with Crippen LogP contribution in [0.4, 0.5) is 10.5 Å². The van der Waals surface area contributed by atoms with Crippen LogP contribution in [-0.2, 0) is 22.5 Å². The topological polar surface area (TPSA) is 136 Å². The molecule has 13 nitrogen and oxygen atoms in total. The summed E-state index contributed by atoms with van der Waals surface area (Å²) >= 11 is 6.40. The molecule has 0 bridgehead atoms. The van der Waals surface area contributed by atoms with E-state index in [0.717, 1.165) is 98.2 Å². The number of unbranched alkanes of at least 4 members (excludes halogenated alkanes) is 1. The van der Waals surface area contributed by atoms with E-state index in [9.17, 15) is 19.2 Å². The lowest BCUT2D eigenvalue weighted by Crippen LogP contribution is -2.49. The Morgan fingerprint density at radius 2 is 1.61 bits per heavy atom. The molecule has 1 N–H and O–H groups in total. The van der Waals surface area contributed by atoms with Gasteiger partial charge in [-0.25, -0.2) is 4.79 Å². The number of ether oxygens (including phenoxy) is 3. The van der Waals surface area contributed by atoms with Crippen molar-refractivity contribution >= 4 is 45.9 Å². The zero-order valence-corrected chi connectivity index (χ0v) is 33.7. The highest BCUT2D eigenvalue weighted by molar-refractivity contribution is 6.34. The quantitative estimate of drug-likeness (QED) is 0.165. The fourth-order valence-corrected chi connectivity index (χ4v) is 8.38. The van der Waals surface area contributed by atoms with Gasteiger partial charge in [-0.2, -0.15) is 0 Å². The summed E-state index contributed by atoms with van der Waals surface area (Å²) in [5, 5.41) is 4.06. The largest absolute Gasteiger partial charge is 0.496 e. The molecule has 4 amide bonds. The Hall–Kier alpha value is -4.98. The molecule has 3 fully saturated rings. The number of carbonyl (C=O) groups is 3. The van der Waals surface area contributed by atoms with E-state index in [1.54, 1.807) is 49.4 Å². The summed E-state index contributed by atoms with van der Waals surface area (Å²) in [6.07, 6.45) is 11.8. The Morgan fingerprint density at radius 1 is 0.877 bits per heavy atom. The second kappa shape index (κ2) is 18.1. The Balaban J connectivity index is 0.920. The van der Waals surface area contributed by atoms with Gasteiger partial charge < -0.3 is 28.6 Å². The van der Waals surface area contributed by atoms with Gasteiger partial charge in [0, 0.05) is 87.5 Å². The van der Waals surface area contributed by atoms with Crippen LogP contribution in [0.15, 0.2) is 59.8 Å². The van der Waals surface area contributed by atoms with Crippen LogP contribution in [0.3, 0.4) is 0 Å². The summed E-state index contributed by atoms with van der Waals surface area (Å²) in [4.78, 5) is 60.7. The summed E-state index contributed by atoms with van der Waals surface area (Å²) in [5.74, 6) is 1.07. The third kappa shape index (κ3) is 8.95. The van der Waals surface area contributed by atoms with Crippen LogP contribution < -0.4 is 25.2 Å². The third-order valence-electron chi connectivity index (χ3n) is 11.4. The Bertz CT molecular complexity index is 2180. The highest BCUT2D eigenvalue weighted by Gasteiger charge is 2.30. The van der Waals surface area contributed by atoms with Crippen molar-refractivity contribution in [3.63, 3.8) is 0 Å². The van der Waals surface area contributed by atoms with Crippen LogP contribution in [0.1, 0.15) is 67.8 Å². The number of pyridine rings is 2. The molecule has 2 aromatic carbocycles. The molecule has 0 spiro atoms. The maximum atomic E-state index is 13.5. The Labute approximate surface area is 337 Å². The number of nitrogens with one attached hydrogen (secondary N) is 1. The van der Waals surface area contributed by atoms with E-state index < -0.39 is 6.03 Å². The second-order valence-corrected chi connectivity index (χ2v) is 15.4. The molecular formula is C43H51ClN6O7. The number of halogens is 1. The van der Waals surface area contributed by atoms with E-state index in [2.05, 4.69) is 28.2 Å². The van der Waals surface area contributed by atoms with Crippen LogP contribution >= 0.6 is 11.6 Å². The number of piperidine rings is 2. The van der Waals surface area contributed by atoms with Gasteiger partial charge in [-0.1, -0.05) is 24.9 Å². The first-order valence-corrected chi connectivity index (χ1v) is 20.4. The summed E-state index contributed by atoms with van der Waals surface area (Å²) < 4.78 is 20.3. The molecule has 57 heavy (non-hydrogen) atoms. The van der Waals surface area contributed by atoms with Crippen molar-refractivity contribution in [1.29, 1.82) is 0 Å². The minimum absolute atomic E-state index is 0.0393. The van der Waals surface area contributed by atoms with Gasteiger partial charge in [-0.05, 0) is 85.9 Å². The third-order valence-corrected chi connectivity index (χ3v) is 11.7. The Morgan fingerprint density at radius 3 is 2.32 bits per heavy atom. The number of carbonyl (C=O) groups excluding carboxylic acids is 3. The van der Waals surface area contributed by atoms with Gasteiger partial charge in [-0.3, -0.25) is 29.6 Å². The Kier molecular flexibility index (Phi) is 12.8. The smallest absolute Gasteiger partial charge is 0.328 e. The molecule has 4 aromatic rings. The van der Waals surface area contributed by atoms with Crippen molar-refractivity contribution in [3.8, 4) is 22.6 Å². The maximum absolute atomic E-state index is 13.5. The molecule has 5 heterocycles. The number of anilines is 1. The first kappa shape index (κ1) is 40.2. The highest BCUT2D eigenvalue weighted by atomic mass is 35.5. The molecule has 3 aliphatic heterocycles. The number of likely N-dealkylation sites (tertiary alicyclic amines) is 2. The van der Waals surface area contributed by atoms with Gasteiger partial charge in [0.15, 0.2) is 0 Å². The van der Waals surface area contributed by atoms with E-state index in [4.69, 9.17) is 25.8 Å². The zero-order chi connectivity index (χ0) is 40.1. The van der Waals surface area contributed by atoms with Gasteiger partial charge in [0.1, 0.15) is 11.5 Å². The number of nitrogens with zero attached hydrogens (tertiary/aromatic N) is 5. The van der Waals surface area contributed by atoms with E-state index >= 15 is 0 Å². The molecule has 0 radical (unpaired) electrons. The van der Waals surface area contributed by atoms with Crippen LogP contribution in [0.5, 0.6) is 11.5 Å². The predicted octanol–water partition coefficient (Wildman–Crippen LogP) is 6.31. The van der Waals surface area contributed by atoms with Crippen LogP contribution in [0.25, 0.3) is 21.9 Å². The normalized spacial score (nSPS) is 17.3. The van der Waals surface area contributed by atoms with E-state index in [1.165, 1.54) is 4.90 Å². The fraction of sp³-hybridized carbons (Fsp3) is 0.465. The predicted molar refractivity (Wildman–Crippen MR) is 220 cm³/mol. The summed E-state index contributed by atoms with van der Waals surface area (Å²) in [6, 6.07) is 10.4. The lowest BCUT2D eigenvalue weighted by molar-refractivity contribution is -0.120. The summed E-state index contributed by atoms with van der Waals surface area (Å²) in [7, 11) is 3.37. The van der Waals surface area contributed by atoms with Gasteiger partial charge in [0.05, 0.1) is 42.5 Å². The molecule has 0 atom stereocenters. The molecule has 14 heteroatoms. The number of imide groups is 1. The molecule has 0 aliphatic carbocycles. The second-order valence-electron chi connectivity index (χ2n) is 15.0.